The summed E-state index contributed by atoms with van der Waals surface area (Å²) in [6.07, 6.45) is 2.18. The molecule has 1 aliphatic rings. The van der Waals surface area contributed by atoms with Crippen molar-refractivity contribution >= 4 is 37.8 Å². The molecule has 3 heterocycles. The molecule has 2 aromatic carbocycles. The maximum absolute atomic E-state index is 13.5. The number of fused-ring (bicyclic) bond motifs is 3. The summed E-state index contributed by atoms with van der Waals surface area (Å²) in [4.78, 5) is 13.8. The Morgan fingerprint density at radius 2 is 1.72 bits per heavy atom. The number of sulfonamides is 1. The first-order valence-electron chi connectivity index (χ1n) is 11.7. The lowest BCUT2D eigenvalue weighted by Crippen LogP contribution is -2.47. The lowest BCUT2D eigenvalue weighted by atomic mass is 10.1. The smallest absolute Gasteiger partial charge is 0.242 e. The van der Waals surface area contributed by atoms with Gasteiger partial charge in [0.1, 0.15) is 17.4 Å². The number of rotatable bonds is 6. The van der Waals surface area contributed by atoms with Gasteiger partial charge in [0.05, 0.1) is 10.4 Å². The second kappa shape index (κ2) is 9.38. The van der Waals surface area contributed by atoms with E-state index < -0.39 is 21.7 Å². The van der Waals surface area contributed by atoms with E-state index in [1.807, 2.05) is 17.7 Å². The number of hydrogen-bond acceptors (Lipinski definition) is 6. The summed E-state index contributed by atoms with van der Waals surface area (Å²) in [5.74, 6) is -0.824. The summed E-state index contributed by atoms with van der Waals surface area (Å²) >= 11 is 0. The second-order valence-corrected chi connectivity index (χ2v) is 11.4. The molecule has 0 bridgehead atoms. The molecule has 1 aliphatic heterocycles. The predicted octanol–water partition coefficient (Wildman–Crippen LogP) is 3.01. The highest BCUT2D eigenvalue weighted by molar-refractivity contribution is 7.89. The quantitative estimate of drug-likeness (QED) is 0.394. The van der Waals surface area contributed by atoms with Gasteiger partial charge in [-0.3, -0.25) is 4.90 Å². The average molecular weight is 515 g/mol. The van der Waals surface area contributed by atoms with Crippen molar-refractivity contribution in [2.45, 2.75) is 11.3 Å². The van der Waals surface area contributed by atoms with E-state index >= 15 is 0 Å². The molecule has 11 heteroatoms. The highest BCUT2D eigenvalue weighted by Gasteiger charge is 2.24. The Balaban J connectivity index is 1.37. The normalized spacial score (nSPS) is 15.4. The van der Waals surface area contributed by atoms with E-state index in [2.05, 4.69) is 19.8 Å². The zero-order valence-corrected chi connectivity index (χ0v) is 21.3. The van der Waals surface area contributed by atoms with Crippen LogP contribution in [0.1, 0.15) is 5.56 Å². The van der Waals surface area contributed by atoms with Crippen LogP contribution >= 0.6 is 0 Å². The van der Waals surface area contributed by atoms with E-state index in [9.17, 15) is 17.2 Å². The Morgan fingerprint density at radius 1 is 0.972 bits per heavy atom. The van der Waals surface area contributed by atoms with E-state index in [1.54, 1.807) is 18.2 Å². The fraction of sp³-hybridized carbons (Fsp3) is 0.360. The first-order valence-corrected chi connectivity index (χ1v) is 13.2. The van der Waals surface area contributed by atoms with Gasteiger partial charge in [-0.05, 0) is 42.3 Å². The van der Waals surface area contributed by atoms with Crippen LogP contribution in [-0.2, 0) is 23.5 Å². The summed E-state index contributed by atoms with van der Waals surface area (Å²) in [7, 11) is 1.40. The molecule has 0 aliphatic carbocycles. The molecule has 0 atom stereocenters. The summed E-state index contributed by atoms with van der Waals surface area (Å²) < 4.78 is 55.2. The van der Waals surface area contributed by atoms with Gasteiger partial charge in [0.25, 0.3) is 0 Å². The first kappa shape index (κ1) is 24.5. The molecule has 4 aromatic rings. The van der Waals surface area contributed by atoms with Crippen LogP contribution in [0, 0.1) is 11.6 Å². The van der Waals surface area contributed by atoms with Crippen molar-refractivity contribution in [3.05, 3.63) is 59.9 Å². The lowest BCUT2D eigenvalue weighted by molar-refractivity contribution is 0.260. The van der Waals surface area contributed by atoms with E-state index in [4.69, 9.17) is 0 Å². The van der Waals surface area contributed by atoms with Crippen LogP contribution in [0.25, 0.3) is 21.9 Å². The zero-order valence-electron chi connectivity index (χ0n) is 20.4. The van der Waals surface area contributed by atoms with Crippen molar-refractivity contribution in [2.75, 3.05) is 51.7 Å². The third-order valence-corrected chi connectivity index (χ3v) is 8.69. The lowest BCUT2D eigenvalue weighted by Gasteiger charge is -2.35. The molecule has 36 heavy (non-hydrogen) atoms. The Bertz CT molecular complexity index is 1550. The van der Waals surface area contributed by atoms with Crippen LogP contribution in [0.5, 0.6) is 0 Å². The Labute approximate surface area is 208 Å². The number of piperazine rings is 1. The van der Waals surface area contributed by atoms with Crippen LogP contribution in [0.2, 0.25) is 0 Å². The van der Waals surface area contributed by atoms with Gasteiger partial charge in [-0.2, -0.15) is 0 Å². The molecule has 5 rings (SSSR count). The van der Waals surface area contributed by atoms with Gasteiger partial charge >= 0.3 is 0 Å². The van der Waals surface area contributed by atoms with Crippen molar-refractivity contribution in [2.24, 2.45) is 7.05 Å². The first-order chi connectivity index (χ1) is 17.2. The van der Waals surface area contributed by atoms with Crippen molar-refractivity contribution < 1.29 is 17.2 Å². The van der Waals surface area contributed by atoms with Crippen molar-refractivity contribution in [1.82, 2.24) is 23.7 Å². The number of anilines is 1. The third-order valence-electron chi connectivity index (χ3n) is 6.87. The molecule has 0 saturated carbocycles. The number of aromatic nitrogens is 3. The molecular formula is C25H28F2N6O2S. The SMILES string of the molecule is CN(C)S(=O)(=O)c1ccc2c(c1)c1ncnc(N3CCN(CCc4ccc(F)c(F)c4)CC3)c1n2C. The largest absolute Gasteiger partial charge is 0.352 e. The second-order valence-electron chi connectivity index (χ2n) is 9.25. The predicted molar refractivity (Wildman–Crippen MR) is 136 cm³/mol. The molecule has 8 nitrogen and oxygen atoms in total. The molecule has 190 valence electrons. The molecule has 1 saturated heterocycles. The molecular weight excluding hydrogens is 486 g/mol. The van der Waals surface area contributed by atoms with Gasteiger partial charge in [0.2, 0.25) is 10.0 Å². The van der Waals surface area contributed by atoms with Crippen LogP contribution in [0.15, 0.2) is 47.6 Å². The molecule has 0 radical (unpaired) electrons. The molecule has 0 unspecified atom stereocenters. The van der Waals surface area contributed by atoms with Gasteiger partial charge in [-0.15, -0.1) is 0 Å². The van der Waals surface area contributed by atoms with E-state index in [1.165, 1.54) is 36.9 Å². The number of hydrogen-bond donors (Lipinski definition) is 0. The minimum atomic E-state index is -3.57. The number of nitrogens with zero attached hydrogens (tertiary/aromatic N) is 6. The van der Waals surface area contributed by atoms with Crippen LogP contribution in [-0.4, -0.2) is 79.0 Å². The monoisotopic (exact) mass is 514 g/mol. The number of benzene rings is 2. The van der Waals surface area contributed by atoms with E-state index in [0.29, 0.717) is 11.9 Å². The maximum Gasteiger partial charge on any atom is 0.242 e. The molecule has 2 aromatic heterocycles. The van der Waals surface area contributed by atoms with Crippen molar-refractivity contribution in [3.8, 4) is 0 Å². The van der Waals surface area contributed by atoms with Gasteiger partial charge < -0.3 is 9.47 Å². The van der Waals surface area contributed by atoms with Crippen LogP contribution in [0.3, 0.4) is 0 Å². The summed E-state index contributed by atoms with van der Waals surface area (Å²) in [6, 6.07) is 9.18. The highest BCUT2D eigenvalue weighted by Crippen LogP contribution is 2.33. The van der Waals surface area contributed by atoms with E-state index in [0.717, 1.165) is 60.5 Å². The number of aryl methyl sites for hydroxylation is 1. The Morgan fingerprint density at radius 3 is 2.42 bits per heavy atom. The molecule has 0 spiro atoms. The van der Waals surface area contributed by atoms with E-state index in [-0.39, 0.29) is 4.90 Å². The third kappa shape index (κ3) is 4.31. The molecule has 1 fully saturated rings. The summed E-state index contributed by atoms with van der Waals surface area (Å²) in [5.41, 5.74) is 3.24. The van der Waals surface area contributed by atoms with Crippen LogP contribution in [0.4, 0.5) is 14.6 Å². The van der Waals surface area contributed by atoms with Gasteiger partial charge in [-0.1, -0.05) is 6.07 Å². The summed E-state index contributed by atoms with van der Waals surface area (Å²) in [5, 5.41) is 0.768. The van der Waals surface area contributed by atoms with Gasteiger partial charge in [0, 0.05) is 59.3 Å². The van der Waals surface area contributed by atoms with Crippen molar-refractivity contribution in [3.63, 3.8) is 0 Å². The van der Waals surface area contributed by atoms with Gasteiger partial charge in [-0.25, -0.2) is 31.5 Å². The van der Waals surface area contributed by atoms with Crippen molar-refractivity contribution in [1.29, 1.82) is 0 Å². The standard InChI is InChI=1S/C25H28F2N6O2S/c1-30(2)36(34,35)18-5-7-22-19(15-18)23-24(31(22)3)25(29-16-28-23)33-12-10-32(11-13-33)9-8-17-4-6-20(26)21(27)14-17/h4-7,14-16H,8-13H2,1-3H3. The molecule has 0 amide bonds. The topological polar surface area (TPSA) is 74.6 Å². The fourth-order valence-electron chi connectivity index (χ4n) is 4.76. The number of halogens is 2. The van der Waals surface area contributed by atoms with Crippen LogP contribution < -0.4 is 4.90 Å². The fourth-order valence-corrected chi connectivity index (χ4v) is 5.69. The average Bonchev–Trinajstić information content (AvgIpc) is 3.16. The minimum Gasteiger partial charge on any atom is -0.352 e. The van der Waals surface area contributed by atoms with Gasteiger partial charge in [0.15, 0.2) is 17.5 Å². The maximum atomic E-state index is 13.5. The minimum absolute atomic E-state index is 0.224. The highest BCUT2D eigenvalue weighted by atomic mass is 32.2. The summed E-state index contributed by atoms with van der Waals surface area (Å²) in [6.45, 7) is 3.89. The Hall–Kier alpha value is -3.15. The molecule has 0 N–H and O–H groups in total. The zero-order chi connectivity index (χ0) is 25.6. The Kier molecular flexibility index (Phi) is 6.39.